The van der Waals surface area contributed by atoms with Gasteiger partial charge in [0.15, 0.2) is 0 Å². The summed E-state index contributed by atoms with van der Waals surface area (Å²) >= 11 is 0. The minimum absolute atomic E-state index is 0.0269. The molecule has 0 saturated carbocycles. The van der Waals surface area contributed by atoms with Crippen molar-refractivity contribution in [3.63, 3.8) is 0 Å². The van der Waals surface area contributed by atoms with E-state index in [2.05, 4.69) is 21.3 Å². The summed E-state index contributed by atoms with van der Waals surface area (Å²) in [5.41, 5.74) is 3.99. The maximum atomic E-state index is 12.8. The number of hydroxylamine groups is 2. The Balaban J connectivity index is 1.39. The lowest BCUT2D eigenvalue weighted by Gasteiger charge is -2.17. The summed E-state index contributed by atoms with van der Waals surface area (Å²) in [6.07, 6.45) is 0.309. The molecule has 16 heteroatoms. The zero-order chi connectivity index (χ0) is 38.3. The average molecular weight is 738 g/mol. The molecule has 0 bridgehead atoms. The van der Waals surface area contributed by atoms with Crippen molar-refractivity contribution in [2.75, 3.05) is 43.5 Å². The lowest BCUT2D eigenvalue weighted by molar-refractivity contribution is -0.177. The molecule has 6 amide bonds. The topological polar surface area (TPSA) is 219 Å². The van der Waals surface area contributed by atoms with Gasteiger partial charge in [-0.1, -0.05) is 17.2 Å². The van der Waals surface area contributed by atoms with Gasteiger partial charge in [0.25, 0.3) is 11.8 Å². The van der Waals surface area contributed by atoms with Gasteiger partial charge in [-0.05, 0) is 79.6 Å². The van der Waals surface area contributed by atoms with E-state index in [0.29, 0.717) is 66.5 Å². The summed E-state index contributed by atoms with van der Waals surface area (Å²) in [5.74, 6) is -2.79. The third-order valence-corrected chi connectivity index (χ3v) is 8.60. The molecule has 286 valence electrons. The highest BCUT2D eigenvalue weighted by molar-refractivity contribution is 6.01. The quantitative estimate of drug-likeness (QED) is 0.0755. The number of anilines is 2. The van der Waals surface area contributed by atoms with Gasteiger partial charge in [-0.15, -0.1) is 0 Å². The number of ether oxygens (including phenoxy) is 2. The number of imide groups is 1. The molecule has 0 spiro atoms. The van der Waals surface area contributed by atoms with E-state index in [-0.39, 0.29) is 81.5 Å². The molecule has 1 heterocycles. The monoisotopic (exact) mass is 737 g/mol. The van der Waals surface area contributed by atoms with Crippen LogP contribution >= 0.6 is 0 Å². The van der Waals surface area contributed by atoms with Gasteiger partial charge < -0.3 is 35.8 Å². The summed E-state index contributed by atoms with van der Waals surface area (Å²) in [4.78, 5) is 90.8. The minimum Gasteiger partial charge on any atom is -0.432 e. The Kier molecular flexibility index (Phi) is 15.3. The molecule has 53 heavy (non-hydrogen) atoms. The molecule has 1 aliphatic heterocycles. The summed E-state index contributed by atoms with van der Waals surface area (Å²) in [5, 5.41) is 20.5. The number of hydrogen-bond acceptors (Lipinski definition) is 11. The fourth-order valence-electron chi connectivity index (χ4n) is 5.96. The predicted molar refractivity (Wildman–Crippen MR) is 191 cm³/mol. The second-order valence-corrected chi connectivity index (χ2v) is 12.7. The van der Waals surface area contributed by atoms with Crippen molar-refractivity contribution >= 4 is 53.0 Å². The molecule has 0 radical (unpaired) electrons. The van der Waals surface area contributed by atoms with Gasteiger partial charge in [0.2, 0.25) is 23.6 Å². The van der Waals surface area contributed by atoms with Crippen LogP contribution in [-0.4, -0.2) is 90.8 Å². The average Bonchev–Trinajstić information content (AvgIpc) is 3.59. The number of aliphatic hydroxyl groups excluding tert-OH is 1. The molecule has 1 aliphatic carbocycles. The van der Waals surface area contributed by atoms with E-state index in [1.807, 2.05) is 26.0 Å². The van der Waals surface area contributed by atoms with E-state index in [4.69, 9.17) is 19.4 Å². The molecule has 2 aromatic rings. The van der Waals surface area contributed by atoms with Crippen molar-refractivity contribution in [2.45, 2.75) is 83.7 Å². The first-order valence-corrected chi connectivity index (χ1v) is 17.8. The molecular weight excluding hydrogens is 690 g/mol. The molecule has 16 nitrogen and oxygen atoms in total. The van der Waals surface area contributed by atoms with Gasteiger partial charge in [-0.2, -0.15) is 0 Å². The number of benzene rings is 2. The lowest BCUT2D eigenvalue weighted by atomic mass is 9.97. The van der Waals surface area contributed by atoms with Crippen LogP contribution in [0.15, 0.2) is 36.4 Å². The Bertz CT molecular complexity index is 1660. The number of carbonyl (C=O) groups is 7. The predicted octanol–water partition coefficient (Wildman–Crippen LogP) is 3.27. The number of hydrogen-bond donors (Lipinski definition) is 5. The fourth-order valence-corrected chi connectivity index (χ4v) is 5.96. The van der Waals surface area contributed by atoms with Crippen LogP contribution in [0.1, 0.15) is 88.7 Å². The second kappa shape index (κ2) is 20.0. The smallest absolute Gasteiger partial charge is 0.432 e. The maximum absolute atomic E-state index is 12.8. The first-order valence-electron chi connectivity index (χ1n) is 17.8. The van der Waals surface area contributed by atoms with E-state index < -0.39 is 23.9 Å². The fraction of sp³-hybridized carbons (Fsp3) is 0.486. The van der Waals surface area contributed by atoms with Crippen molar-refractivity contribution in [1.29, 1.82) is 0 Å². The summed E-state index contributed by atoms with van der Waals surface area (Å²) in [6.45, 7) is 4.58. The van der Waals surface area contributed by atoms with Crippen LogP contribution in [0.2, 0.25) is 0 Å². The van der Waals surface area contributed by atoms with Crippen LogP contribution < -0.4 is 21.3 Å². The number of nitrogens with one attached hydrogen (secondary N) is 4. The highest BCUT2D eigenvalue weighted by Gasteiger charge is 2.35. The van der Waals surface area contributed by atoms with Gasteiger partial charge in [0.1, 0.15) is 6.61 Å². The number of amides is 6. The van der Waals surface area contributed by atoms with Crippen molar-refractivity contribution < 1.29 is 53.0 Å². The number of fused-ring (bicyclic) bond motifs is 3. The molecule has 2 unspecified atom stereocenters. The third-order valence-electron chi connectivity index (χ3n) is 8.60. The van der Waals surface area contributed by atoms with Gasteiger partial charge in [-0.25, -0.2) is 4.79 Å². The first kappa shape index (κ1) is 40.4. The van der Waals surface area contributed by atoms with E-state index in [9.17, 15) is 33.6 Å². The normalized spacial score (nSPS) is 14.9. The van der Waals surface area contributed by atoms with Crippen LogP contribution in [0.3, 0.4) is 0 Å². The largest absolute Gasteiger partial charge is 0.533 e. The zero-order valence-corrected chi connectivity index (χ0v) is 30.0. The Morgan fingerprint density at radius 2 is 1.34 bits per heavy atom. The van der Waals surface area contributed by atoms with E-state index in [1.165, 1.54) is 0 Å². The van der Waals surface area contributed by atoms with Gasteiger partial charge in [0.05, 0.1) is 12.7 Å². The van der Waals surface area contributed by atoms with Crippen molar-refractivity contribution in [3.05, 3.63) is 47.5 Å². The molecule has 5 N–H and O–H groups in total. The molecular formula is C37H47N5O11. The number of nitrogens with zero attached hydrogens (tertiary/aromatic N) is 1. The van der Waals surface area contributed by atoms with Crippen LogP contribution in [0.25, 0.3) is 11.1 Å². The first-order chi connectivity index (χ1) is 25.5. The number of carbonyl (C=O) groups excluding carboxylic acids is 7. The Hall–Kier alpha value is -5.35. The molecule has 0 aromatic heterocycles. The highest BCUT2D eigenvalue weighted by atomic mass is 16.8. The second-order valence-electron chi connectivity index (χ2n) is 12.7. The van der Waals surface area contributed by atoms with Crippen LogP contribution in [0.5, 0.6) is 0 Å². The summed E-state index contributed by atoms with van der Waals surface area (Å²) in [6, 6.07) is 10.6. The number of rotatable bonds is 20. The SMILES string of the molecule is CCNC(=O)CCCC(=O)Nc1ccc2c(c1)C(COC(=O)ON1C(=O)CCC1=O)c1cc(NC(=O)CCCC(=O)NCCOC(C)CCO)ccc1-2. The molecule has 2 atom stereocenters. The highest BCUT2D eigenvalue weighted by Crippen LogP contribution is 2.47. The van der Waals surface area contributed by atoms with Crippen molar-refractivity contribution in [3.8, 4) is 11.1 Å². The van der Waals surface area contributed by atoms with Crippen molar-refractivity contribution in [2.24, 2.45) is 0 Å². The maximum Gasteiger partial charge on any atom is 0.533 e. The Labute approximate surface area is 307 Å². The van der Waals surface area contributed by atoms with Crippen LogP contribution in [-0.2, 0) is 43.1 Å². The van der Waals surface area contributed by atoms with E-state index in [0.717, 1.165) is 11.1 Å². The molecule has 4 rings (SSSR count). The Morgan fingerprint density at radius 3 is 1.87 bits per heavy atom. The van der Waals surface area contributed by atoms with Crippen LogP contribution in [0.4, 0.5) is 16.2 Å². The molecule has 1 fully saturated rings. The molecule has 2 aliphatic rings. The van der Waals surface area contributed by atoms with E-state index >= 15 is 0 Å². The van der Waals surface area contributed by atoms with Gasteiger partial charge in [-0.3, -0.25) is 33.6 Å². The lowest BCUT2D eigenvalue weighted by Crippen LogP contribution is -2.32. The standard InChI is InChI=1S/C37H47N5O11/c1-3-38-31(44)6-4-8-33(46)40-24-10-12-26-27-13-11-25(41-34(47)9-5-7-32(45)39-17-19-51-23(2)16-18-43)21-29(27)30(28(26)20-24)22-52-37(50)53-42-35(48)14-15-36(42)49/h10-13,20-21,23,30,43H,3-9,14-19,22H2,1-2H3,(H,38,44)(H,39,45)(H,40,46)(H,41,47). The zero-order valence-electron chi connectivity index (χ0n) is 30.0. The summed E-state index contributed by atoms with van der Waals surface area (Å²) < 4.78 is 10.9. The van der Waals surface area contributed by atoms with E-state index in [1.54, 1.807) is 24.3 Å². The summed E-state index contributed by atoms with van der Waals surface area (Å²) in [7, 11) is 0. The van der Waals surface area contributed by atoms with Crippen molar-refractivity contribution in [1.82, 2.24) is 15.7 Å². The number of aliphatic hydroxyl groups is 1. The van der Waals surface area contributed by atoms with Crippen LogP contribution in [0, 0.1) is 0 Å². The molecule has 2 aromatic carbocycles. The van der Waals surface area contributed by atoms with Gasteiger partial charge >= 0.3 is 6.16 Å². The molecule has 1 saturated heterocycles. The minimum atomic E-state index is -1.24. The van der Waals surface area contributed by atoms with Gasteiger partial charge in [0, 0.05) is 75.5 Å². The third kappa shape index (κ3) is 12.1. The Morgan fingerprint density at radius 1 is 0.811 bits per heavy atom.